The number of ether oxygens (including phenoxy) is 1. The topological polar surface area (TPSA) is 21.3 Å². The van der Waals surface area contributed by atoms with E-state index in [9.17, 15) is 8.78 Å². The van der Waals surface area contributed by atoms with Gasteiger partial charge in [0.05, 0.1) is 6.61 Å². The first kappa shape index (κ1) is 15.8. The lowest BCUT2D eigenvalue weighted by molar-refractivity contribution is -0.0399. The third-order valence-corrected chi connectivity index (χ3v) is 2.11. The fourth-order valence-corrected chi connectivity index (χ4v) is 1.21. The molecule has 0 spiro atoms. The second-order valence-electron chi connectivity index (χ2n) is 5.15. The van der Waals surface area contributed by atoms with Crippen LogP contribution in [0.1, 0.15) is 47.0 Å². The van der Waals surface area contributed by atoms with Crippen molar-refractivity contribution in [1.82, 2.24) is 5.32 Å². The van der Waals surface area contributed by atoms with Gasteiger partial charge in [0.1, 0.15) is 0 Å². The minimum absolute atomic E-state index is 0.102. The molecule has 0 aliphatic heterocycles. The zero-order chi connectivity index (χ0) is 12.7. The van der Waals surface area contributed by atoms with E-state index in [4.69, 9.17) is 4.74 Å². The van der Waals surface area contributed by atoms with Gasteiger partial charge in [0, 0.05) is 31.5 Å². The highest BCUT2D eigenvalue weighted by Gasteiger charge is 2.28. The molecule has 0 aromatic rings. The van der Waals surface area contributed by atoms with Gasteiger partial charge in [-0.25, -0.2) is 8.78 Å². The van der Waals surface area contributed by atoms with Crippen LogP contribution in [-0.4, -0.2) is 31.2 Å². The van der Waals surface area contributed by atoms with Crippen LogP contribution in [0.2, 0.25) is 0 Å². The third-order valence-electron chi connectivity index (χ3n) is 2.11. The summed E-state index contributed by atoms with van der Waals surface area (Å²) in [6.45, 7) is 8.92. The molecule has 16 heavy (non-hydrogen) atoms. The summed E-state index contributed by atoms with van der Waals surface area (Å²) in [4.78, 5) is 0. The van der Waals surface area contributed by atoms with Crippen LogP contribution in [0, 0.1) is 0 Å². The Morgan fingerprint density at radius 2 is 1.69 bits per heavy atom. The highest BCUT2D eigenvalue weighted by Crippen LogP contribution is 2.22. The summed E-state index contributed by atoms with van der Waals surface area (Å²) in [7, 11) is 0. The number of alkyl halides is 2. The summed E-state index contributed by atoms with van der Waals surface area (Å²) < 4.78 is 31.7. The van der Waals surface area contributed by atoms with E-state index in [2.05, 4.69) is 5.32 Å². The molecule has 0 saturated carbocycles. The number of rotatable bonds is 8. The molecule has 0 heterocycles. The van der Waals surface area contributed by atoms with E-state index in [1.54, 1.807) is 0 Å². The van der Waals surface area contributed by atoms with E-state index < -0.39 is 5.92 Å². The second kappa shape index (κ2) is 7.17. The molecule has 98 valence electrons. The van der Waals surface area contributed by atoms with Crippen LogP contribution in [0.5, 0.6) is 0 Å². The summed E-state index contributed by atoms with van der Waals surface area (Å²) in [6.07, 6.45) is 0.565. The Bertz CT molecular complexity index is 178. The lowest BCUT2D eigenvalue weighted by Crippen LogP contribution is -2.38. The molecule has 0 amide bonds. The Morgan fingerprint density at radius 1 is 1.06 bits per heavy atom. The molecule has 0 fully saturated rings. The summed E-state index contributed by atoms with van der Waals surface area (Å²) in [6, 6.07) is 0. The van der Waals surface area contributed by atoms with Crippen molar-refractivity contribution in [3.05, 3.63) is 0 Å². The van der Waals surface area contributed by atoms with E-state index in [-0.39, 0.29) is 25.0 Å². The lowest BCUT2D eigenvalue weighted by atomic mass is 10.1. The van der Waals surface area contributed by atoms with Crippen molar-refractivity contribution in [2.45, 2.75) is 58.4 Å². The minimum atomic E-state index is -2.62. The average Bonchev–Trinajstić information content (AvgIpc) is 2.10. The van der Waals surface area contributed by atoms with Crippen LogP contribution in [-0.2, 0) is 4.74 Å². The molecule has 4 heteroatoms. The summed E-state index contributed by atoms with van der Waals surface area (Å²) >= 11 is 0. The molecule has 2 nitrogen and oxygen atoms in total. The van der Waals surface area contributed by atoms with E-state index in [0.29, 0.717) is 13.2 Å². The van der Waals surface area contributed by atoms with Crippen LogP contribution < -0.4 is 5.32 Å². The first-order valence-electron chi connectivity index (χ1n) is 5.97. The predicted molar refractivity (Wildman–Crippen MR) is 63.0 cm³/mol. The van der Waals surface area contributed by atoms with E-state index in [0.717, 1.165) is 6.42 Å². The first-order chi connectivity index (χ1) is 7.27. The molecule has 0 unspecified atom stereocenters. The fourth-order valence-electron chi connectivity index (χ4n) is 1.21. The minimum Gasteiger partial charge on any atom is -0.381 e. The van der Waals surface area contributed by atoms with Gasteiger partial charge in [-0.2, -0.15) is 0 Å². The van der Waals surface area contributed by atoms with E-state index in [1.807, 2.05) is 27.7 Å². The number of hydrogen-bond acceptors (Lipinski definition) is 2. The molecule has 0 aliphatic carbocycles. The van der Waals surface area contributed by atoms with Crippen molar-refractivity contribution in [3.8, 4) is 0 Å². The smallest absolute Gasteiger partial charge is 0.251 e. The Kier molecular flexibility index (Phi) is 7.07. The lowest BCUT2D eigenvalue weighted by Gasteiger charge is -2.23. The van der Waals surface area contributed by atoms with Crippen LogP contribution in [0.25, 0.3) is 0 Å². The highest BCUT2D eigenvalue weighted by molar-refractivity contribution is 4.74. The standard InChI is InChI=1S/C12H25F2NO/c1-5-9-16-10-7-12(13,14)6-8-15-11(2,3)4/h15H,5-10H2,1-4H3. The van der Waals surface area contributed by atoms with Gasteiger partial charge in [-0.15, -0.1) is 0 Å². The molecule has 0 bridgehead atoms. The predicted octanol–water partition coefficient (Wildman–Crippen LogP) is 3.22. The van der Waals surface area contributed by atoms with Gasteiger partial charge in [0.15, 0.2) is 0 Å². The van der Waals surface area contributed by atoms with Crippen molar-refractivity contribution in [2.75, 3.05) is 19.8 Å². The van der Waals surface area contributed by atoms with Crippen LogP contribution in [0.4, 0.5) is 8.78 Å². The summed E-state index contributed by atoms with van der Waals surface area (Å²) in [5.41, 5.74) is -0.102. The maximum absolute atomic E-state index is 13.3. The zero-order valence-corrected chi connectivity index (χ0v) is 10.9. The third kappa shape index (κ3) is 10.3. The molecule has 0 saturated heterocycles. The Morgan fingerprint density at radius 3 is 2.19 bits per heavy atom. The maximum atomic E-state index is 13.3. The van der Waals surface area contributed by atoms with Gasteiger partial charge in [0.25, 0.3) is 5.92 Å². The molecule has 1 N–H and O–H groups in total. The molecule has 0 aliphatic rings. The number of nitrogens with one attached hydrogen (secondary N) is 1. The van der Waals surface area contributed by atoms with Gasteiger partial charge in [-0.05, 0) is 27.2 Å². The average molecular weight is 237 g/mol. The van der Waals surface area contributed by atoms with Crippen molar-refractivity contribution in [3.63, 3.8) is 0 Å². The molecule has 0 aromatic carbocycles. The Labute approximate surface area is 97.7 Å². The fraction of sp³-hybridized carbons (Fsp3) is 1.00. The zero-order valence-electron chi connectivity index (χ0n) is 10.9. The van der Waals surface area contributed by atoms with Crippen molar-refractivity contribution < 1.29 is 13.5 Å². The molecule has 0 atom stereocenters. The van der Waals surface area contributed by atoms with Crippen molar-refractivity contribution >= 4 is 0 Å². The maximum Gasteiger partial charge on any atom is 0.251 e. The monoisotopic (exact) mass is 237 g/mol. The Balaban J connectivity index is 3.62. The second-order valence-corrected chi connectivity index (χ2v) is 5.15. The molecule has 0 rings (SSSR count). The van der Waals surface area contributed by atoms with E-state index >= 15 is 0 Å². The van der Waals surface area contributed by atoms with Gasteiger partial charge >= 0.3 is 0 Å². The molecule has 0 radical (unpaired) electrons. The number of halogens is 2. The van der Waals surface area contributed by atoms with Gasteiger partial charge in [-0.1, -0.05) is 6.92 Å². The number of hydrogen-bond donors (Lipinski definition) is 1. The van der Waals surface area contributed by atoms with Crippen molar-refractivity contribution in [1.29, 1.82) is 0 Å². The van der Waals surface area contributed by atoms with Gasteiger partial charge in [-0.3, -0.25) is 0 Å². The molecular weight excluding hydrogens is 212 g/mol. The molecule has 0 aromatic heterocycles. The van der Waals surface area contributed by atoms with Crippen LogP contribution in [0.15, 0.2) is 0 Å². The van der Waals surface area contributed by atoms with Crippen molar-refractivity contribution in [2.24, 2.45) is 0 Å². The molecular formula is C12H25F2NO. The van der Waals surface area contributed by atoms with E-state index in [1.165, 1.54) is 0 Å². The van der Waals surface area contributed by atoms with Crippen LogP contribution in [0.3, 0.4) is 0 Å². The summed E-state index contributed by atoms with van der Waals surface area (Å²) in [5.74, 6) is -2.62. The Hall–Kier alpha value is -0.220. The normalized spacial score (nSPS) is 13.1. The largest absolute Gasteiger partial charge is 0.381 e. The van der Waals surface area contributed by atoms with Gasteiger partial charge in [0.2, 0.25) is 0 Å². The van der Waals surface area contributed by atoms with Crippen LogP contribution >= 0.6 is 0 Å². The van der Waals surface area contributed by atoms with Gasteiger partial charge < -0.3 is 10.1 Å². The highest BCUT2D eigenvalue weighted by atomic mass is 19.3. The summed E-state index contributed by atoms with van der Waals surface area (Å²) in [5, 5.41) is 3.06. The SMILES string of the molecule is CCCOCCC(F)(F)CCNC(C)(C)C. The first-order valence-corrected chi connectivity index (χ1v) is 5.97. The quantitative estimate of drug-likeness (QED) is 0.654.